The molecule has 2 aromatic carbocycles. The molecule has 41 heavy (non-hydrogen) atoms. The number of aliphatic carboxylic acids is 1. The van der Waals surface area contributed by atoms with Crippen molar-refractivity contribution in [3.63, 3.8) is 0 Å². The molecule has 0 aliphatic heterocycles. The zero-order chi connectivity index (χ0) is 28.8. The number of nitrogens with zero attached hydrogens (tertiary/aromatic N) is 2. The lowest BCUT2D eigenvalue weighted by atomic mass is 9.74. The van der Waals surface area contributed by atoms with Crippen LogP contribution < -0.4 is 0 Å². The summed E-state index contributed by atoms with van der Waals surface area (Å²) in [6.07, 6.45) is 25.1. The molecule has 0 saturated heterocycles. The topological polar surface area (TPSA) is 63.1 Å². The van der Waals surface area contributed by atoms with Crippen molar-refractivity contribution in [1.82, 2.24) is 9.97 Å². The number of rotatable bonds is 18. The van der Waals surface area contributed by atoms with Crippen LogP contribution in [0.2, 0.25) is 0 Å². The van der Waals surface area contributed by atoms with Crippen LogP contribution >= 0.6 is 0 Å². The fourth-order valence-corrected chi connectivity index (χ4v) is 6.58. The lowest BCUT2D eigenvalue weighted by Crippen LogP contribution is -2.21. The van der Waals surface area contributed by atoms with Crippen LogP contribution in [0, 0.1) is 0 Å². The van der Waals surface area contributed by atoms with Crippen LogP contribution in [-0.2, 0) is 16.6 Å². The first kappa shape index (κ1) is 30.9. The van der Waals surface area contributed by atoms with E-state index in [4.69, 9.17) is 5.11 Å². The van der Waals surface area contributed by atoms with Crippen molar-refractivity contribution in [3.8, 4) is 22.5 Å². The van der Waals surface area contributed by atoms with Crippen molar-refractivity contribution < 1.29 is 9.90 Å². The monoisotopic (exact) mass is 554 g/mol. The molecule has 1 aliphatic carbocycles. The molecule has 0 radical (unpaired) electrons. The maximum Gasteiger partial charge on any atom is 0.303 e. The maximum atomic E-state index is 10.7. The second kappa shape index (κ2) is 16.4. The zero-order valence-corrected chi connectivity index (χ0v) is 25.3. The van der Waals surface area contributed by atoms with Gasteiger partial charge in [0, 0.05) is 24.4 Å². The molecule has 0 amide bonds. The van der Waals surface area contributed by atoms with Crippen molar-refractivity contribution in [2.45, 2.75) is 128 Å². The molecule has 0 unspecified atom stereocenters. The number of carboxylic acids is 1. The van der Waals surface area contributed by atoms with E-state index in [1.807, 2.05) is 12.4 Å². The Morgan fingerprint density at radius 2 is 1.24 bits per heavy atom. The Balaban J connectivity index is 1.28. The maximum absolute atomic E-state index is 10.7. The Labute approximate surface area is 248 Å². The molecule has 1 fully saturated rings. The van der Waals surface area contributed by atoms with E-state index in [0.717, 1.165) is 37.1 Å². The molecular formula is C37H50N2O2. The Bertz CT molecular complexity index is 1160. The highest BCUT2D eigenvalue weighted by Crippen LogP contribution is 2.45. The average molecular weight is 555 g/mol. The number of hydrogen-bond donors (Lipinski definition) is 1. The summed E-state index contributed by atoms with van der Waals surface area (Å²) in [6, 6.07) is 18.0. The summed E-state index contributed by atoms with van der Waals surface area (Å²) in [4.78, 5) is 20.0. The number of carboxylic acid groups (broad SMARTS) is 1. The molecule has 1 aliphatic rings. The molecule has 0 atom stereocenters. The van der Waals surface area contributed by atoms with Gasteiger partial charge in [-0.05, 0) is 66.2 Å². The van der Waals surface area contributed by atoms with Crippen molar-refractivity contribution in [2.75, 3.05) is 0 Å². The third-order valence-corrected chi connectivity index (χ3v) is 9.10. The van der Waals surface area contributed by atoms with E-state index < -0.39 is 5.97 Å². The van der Waals surface area contributed by atoms with Gasteiger partial charge < -0.3 is 5.11 Å². The number of benzene rings is 2. The van der Waals surface area contributed by atoms with Crippen molar-refractivity contribution in [1.29, 1.82) is 0 Å². The lowest BCUT2D eigenvalue weighted by molar-refractivity contribution is -0.137. The van der Waals surface area contributed by atoms with E-state index in [-0.39, 0.29) is 0 Å². The Morgan fingerprint density at radius 3 is 1.88 bits per heavy atom. The number of aryl methyl sites for hydroxylation is 1. The largest absolute Gasteiger partial charge is 0.481 e. The minimum absolute atomic E-state index is 0.310. The smallest absolute Gasteiger partial charge is 0.303 e. The Kier molecular flexibility index (Phi) is 12.4. The third kappa shape index (κ3) is 9.51. The first-order chi connectivity index (χ1) is 20.1. The normalized spacial score (nSPS) is 14.4. The molecule has 1 aromatic heterocycles. The molecule has 4 rings (SSSR count). The Morgan fingerprint density at radius 1 is 0.707 bits per heavy atom. The quantitative estimate of drug-likeness (QED) is 0.159. The van der Waals surface area contributed by atoms with Gasteiger partial charge in [-0.15, -0.1) is 0 Å². The number of aromatic nitrogens is 2. The van der Waals surface area contributed by atoms with Gasteiger partial charge in [-0.25, -0.2) is 9.97 Å². The minimum atomic E-state index is -0.671. The van der Waals surface area contributed by atoms with E-state index in [1.54, 1.807) is 0 Å². The van der Waals surface area contributed by atoms with Crippen LogP contribution in [0.5, 0.6) is 0 Å². The van der Waals surface area contributed by atoms with E-state index in [2.05, 4.69) is 65.4 Å². The Hall–Kier alpha value is -3.01. The molecule has 1 heterocycles. The van der Waals surface area contributed by atoms with E-state index >= 15 is 0 Å². The highest BCUT2D eigenvalue weighted by atomic mass is 16.4. The van der Waals surface area contributed by atoms with Crippen LogP contribution in [0.3, 0.4) is 0 Å². The van der Waals surface area contributed by atoms with E-state index in [0.29, 0.717) is 11.8 Å². The summed E-state index contributed by atoms with van der Waals surface area (Å²) >= 11 is 0. The van der Waals surface area contributed by atoms with Gasteiger partial charge in [-0.1, -0.05) is 126 Å². The summed E-state index contributed by atoms with van der Waals surface area (Å²) in [5, 5.41) is 8.79. The molecule has 1 saturated carbocycles. The van der Waals surface area contributed by atoms with Gasteiger partial charge in [-0.2, -0.15) is 0 Å². The van der Waals surface area contributed by atoms with Crippen molar-refractivity contribution in [2.24, 2.45) is 0 Å². The van der Waals surface area contributed by atoms with E-state index in [1.165, 1.54) is 106 Å². The number of unbranched alkanes of at least 4 members (excludes halogenated alkanes) is 9. The van der Waals surface area contributed by atoms with Crippen LogP contribution in [-0.4, -0.2) is 21.0 Å². The van der Waals surface area contributed by atoms with Gasteiger partial charge in [0.2, 0.25) is 0 Å². The lowest BCUT2D eigenvalue weighted by Gasteiger charge is -2.30. The first-order valence-electron chi connectivity index (χ1n) is 16.3. The minimum Gasteiger partial charge on any atom is -0.481 e. The summed E-state index contributed by atoms with van der Waals surface area (Å²) in [5.41, 5.74) is 6.63. The predicted molar refractivity (Wildman–Crippen MR) is 170 cm³/mol. The van der Waals surface area contributed by atoms with Gasteiger partial charge in [0.25, 0.3) is 0 Å². The second-order valence-electron chi connectivity index (χ2n) is 12.2. The average Bonchev–Trinajstić information content (AvgIpc) is 3.49. The fraction of sp³-hybridized carbons (Fsp3) is 0.541. The van der Waals surface area contributed by atoms with Crippen molar-refractivity contribution >= 4 is 5.97 Å². The van der Waals surface area contributed by atoms with E-state index in [9.17, 15) is 4.79 Å². The summed E-state index contributed by atoms with van der Waals surface area (Å²) in [6.45, 7) is 2.25. The van der Waals surface area contributed by atoms with Gasteiger partial charge in [-0.3, -0.25) is 4.79 Å². The predicted octanol–water partition coefficient (Wildman–Crippen LogP) is 10.3. The molecule has 0 spiro atoms. The molecule has 0 bridgehead atoms. The number of carbonyl (C=O) groups is 1. The molecule has 4 heteroatoms. The van der Waals surface area contributed by atoms with Crippen LogP contribution in [0.15, 0.2) is 60.9 Å². The summed E-state index contributed by atoms with van der Waals surface area (Å²) in [5.74, 6) is 0.125. The van der Waals surface area contributed by atoms with Crippen molar-refractivity contribution in [3.05, 3.63) is 72.1 Å². The van der Waals surface area contributed by atoms with Crippen LogP contribution in [0.25, 0.3) is 22.5 Å². The molecule has 220 valence electrons. The van der Waals surface area contributed by atoms with Gasteiger partial charge >= 0.3 is 5.97 Å². The highest BCUT2D eigenvalue weighted by molar-refractivity contribution is 5.68. The van der Waals surface area contributed by atoms with Crippen LogP contribution in [0.1, 0.15) is 127 Å². The van der Waals surface area contributed by atoms with Gasteiger partial charge in [0.05, 0.1) is 0 Å². The summed E-state index contributed by atoms with van der Waals surface area (Å²) in [7, 11) is 0. The molecule has 3 aromatic rings. The SMILES string of the molecule is CCCCCCCc1cnc(-c2ccc(-c3ccc(C4(CCCCCCCCC(=O)O)CCCC4)cc3)cc2)nc1. The number of hydrogen-bond acceptors (Lipinski definition) is 3. The molecule has 1 N–H and O–H groups in total. The standard InChI is InChI=1S/C37H50N2O2/c1-2-3-4-7-10-15-30-28-38-36(39-29-30)33-19-17-31(18-20-33)32-21-23-34(24-22-32)37(26-13-14-27-37)25-12-9-6-5-8-11-16-35(40)41/h17-24,28-29H,2-16,25-27H2,1H3,(H,40,41). The fourth-order valence-electron chi connectivity index (χ4n) is 6.58. The summed E-state index contributed by atoms with van der Waals surface area (Å²) < 4.78 is 0. The third-order valence-electron chi connectivity index (χ3n) is 9.10. The van der Waals surface area contributed by atoms with Gasteiger partial charge in [0.15, 0.2) is 5.82 Å². The molecular weight excluding hydrogens is 504 g/mol. The second-order valence-corrected chi connectivity index (χ2v) is 12.2. The van der Waals surface area contributed by atoms with Crippen LogP contribution in [0.4, 0.5) is 0 Å². The highest BCUT2D eigenvalue weighted by Gasteiger charge is 2.34. The molecule has 4 nitrogen and oxygen atoms in total. The first-order valence-corrected chi connectivity index (χ1v) is 16.3. The zero-order valence-electron chi connectivity index (χ0n) is 25.3. The van der Waals surface area contributed by atoms with Gasteiger partial charge in [0.1, 0.15) is 0 Å².